The summed E-state index contributed by atoms with van der Waals surface area (Å²) in [7, 11) is 1.74. The minimum Gasteiger partial charge on any atom is -0.459 e. The zero-order valence-corrected chi connectivity index (χ0v) is 10.0. The number of furan rings is 1. The molecule has 2 rings (SSSR count). The first kappa shape index (κ1) is 11.5. The topological polar surface area (TPSA) is 33.5 Å². The van der Waals surface area contributed by atoms with Crippen molar-refractivity contribution in [2.24, 2.45) is 0 Å². The zero-order valence-electron chi connectivity index (χ0n) is 10.0. The number of benzene rings is 1. The van der Waals surface area contributed by atoms with Gasteiger partial charge < -0.3 is 9.32 Å². The summed E-state index contributed by atoms with van der Waals surface area (Å²) in [5.41, 5.74) is 0.841. The molecule has 1 heterocycles. The van der Waals surface area contributed by atoms with E-state index in [-0.39, 0.29) is 11.9 Å². The second-order valence-corrected chi connectivity index (χ2v) is 4.02. The van der Waals surface area contributed by atoms with E-state index in [4.69, 9.17) is 4.42 Å². The van der Waals surface area contributed by atoms with Crippen LogP contribution in [0.1, 0.15) is 18.7 Å². The lowest BCUT2D eigenvalue weighted by Gasteiger charge is -2.21. The number of rotatable bonds is 3. The first-order valence-electron chi connectivity index (χ1n) is 5.51. The molecule has 0 saturated carbocycles. The largest absolute Gasteiger partial charge is 0.459 e. The SMILES string of the molecule is C=CC(=O)N(C)C(C)c1cc2ccccc2o1. The fourth-order valence-electron chi connectivity index (χ4n) is 1.73. The first-order chi connectivity index (χ1) is 8.13. The van der Waals surface area contributed by atoms with Crippen LogP contribution in [0.2, 0.25) is 0 Å². The summed E-state index contributed by atoms with van der Waals surface area (Å²) in [5.74, 6) is 0.668. The predicted molar refractivity (Wildman–Crippen MR) is 67.6 cm³/mol. The van der Waals surface area contributed by atoms with Crippen LogP contribution in [-0.4, -0.2) is 17.9 Å². The van der Waals surface area contributed by atoms with Gasteiger partial charge in [0, 0.05) is 12.4 Å². The highest BCUT2D eigenvalue weighted by Crippen LogP contribution is 2.26. The number of hydrogen-bond donors (Lipinski definition) is 0. The van der Waals surface area contributed by atoms with Crippen LogP contribution in [0.4, 0.5) is 0 Å². The Bertz CT molecular complexity index is 523. The highest BCUT2D eigenvalue weighted by Gasteiger charge is 2.18. The highest BCUT2D eigenvalue weighted by atomic mass is 16.3. The predicted octanol–water partition coefficient (Wildman–Crippen LogP) is 3.14. The summed E-state index contributed by atoms with van der Waals surface area (Å²) in [6.07, 6.45) is 1.30. The van der Waals surface area contributed by atoms with Crippen molar-refractivity contribution in [3.05, 3.63) is 48.7 Å². The van der Waals surface area contributed by atoms with Gasteiger partial charge in [-0.1, -0.05) is 24.8 Å². The minimum atomic E-state index is -0.113. The van der Waals surface area contributed by atoms with E-state index in [2.05, 4.69) is 6.58 Å². The van der Waals surface area contributed by atoms with E-state index >= 15 is 0 Å². The molecule has 0 fully saturated rings. The van der Waals surface area contributed by atoms with Crippen LogP contribution in [-0.2, 0) is 4.79 Å². The lowest BCUT2D eigenvalue weighted by atomic mass is 10.2. The molecule has 0 saturated heterocycles. The summed E-state index contributed by atoms with van der Waals surface area (Å²) in [5, 5.41) is 1.05. The van der Waals surface area contributed by atoms with E-state index in [1.54, 1.807) is 11.9 Å². The van der Waals surface area contributed by atoms with Crippen molar-refractivity contribution < 1.29 is 9.21 Å². The molecule has 0 radical (unpaired) electrons. The van der Waals surface area contributed by atoms with Gasteiger partial charge in [0.2, 0.25) is 5.91 Å². The third-order valence-electron chi connectivity index (χ3n) is 2.96. The summed E-state index contributed by atoms with van der Waals surface area (Å²) in [6.45, 7) is 5.41. The van der Waals surface area contributed by atoms with Crippen LogP contribution in [0, 0.1) is 0 Å². The van der Waals surface area contributed by atoms with Gasteiger partial charge in [0.05, 0.1) is 6.04 Å². The number of carbonyl (C=O) groups excluding carboxylic acids is 1. The van der Waals surface area contributed by atoms with Gasteiger partial charge in [-0.05, 0) is 25.1 Å². The molecule has 17 heavy (non-hydrogen) atoms. The van der Waals surface area contributed by atoms with E-state index in [1.165, 1.54) is 6.08 Å². The average molecular weight is 229 g/mol. The van der Waals surface area contributed by atoms with E-state index in [0.717, 1.165) is 16.7 Å². The van der Waals surface area contributed by atoms with Crippen molar-refractivity contribution in [3.63, 3.8) is 0 Å². The van der Waals surface area contributed by atoms with Gasteiger partial charge in [-0.3, -0.25) is 4.79 Å². The number of fused-ring (bicyclic) bond motifs is 1. The molecule has 1 aromatic carbocycles. The molecule has 0 aliphatic rings. The molecule has 1 unspecified atom stereocenters. The quantitative estimate of drug-likeness (QED) is 0.757. The molecule has 1 atom stereocenters. The molecule has 1 aromatic heterocycles. The Labute approximate surface area is 100 Å². The Morgan fingerprint density at radius 2 is 2.18 bits per heavy atom. The summed E-state index contributed by atoms with van der Waals surface area (Å²) in [6, 6.07) is 9.66. The van der Waals surface area contributed by atoms with Crippen molar-refractivity contribution >= 4 is 16.9 Å². The molecule has 3 nitrogen and oxygen atoms in total. The molecular formula is C14H15NO2. The lowest BCUT2D eigenvalue weighted by Crippen LogP contribution is -2.27. The Morgan fingerprint density at radius 3 is 2.82 bits per heavy atom. The Morgan fingerprint density at radius 1 is 1.47 bits per heavy atom. The maximum absolute atomic E-state index is 11.5. The summed E-state index contributed by atoms with van der Waals surface area (Å²) in [4.78, 5) is 13.1. The maximum Gasteiger partial charge on any atom is 0.246 e. The second-order valence-electron chi connectivity index (χ2n) is 4.02. The maximum atomic E-state index is 11.5. The van der Waals surface area contributed by atoms with Crippen molar-refractivity contribution in [1.29, 1.82) is 0 Å². The molecule has 0 aliphatic carbocycles. The number of amides is 1. The molecular weight excluding hydrogens is 214 g/mol. The minimum absolute atomic E-state index is 0.104. The average Bonchev–Trinajstić information content (AvgIpc) is 2.79. The van der Waals surface area contributed by atoms with Crippen molar-refractivity contribution in [2.45, 2.75) is 13.0 Å². The monoisotopic (exact) mass is 229 g/mol. The molecule has 2 aromatic rings. The van der Waals surface area contributed by atoms with Crippen LogP contribution in [0.15, 0.2) is 47.4 Å². The molecule has 0 bridgehead atoms. The van der Waals surface area contributed by atoms with Crippen molar-refractivity contribution in [2.75, 3.05) is 7.05 Å². The third-order valence-corrected chi connectivity index (χ3v) is 2.96. The number of hydrogen-bond acceptors (Lipinski definition) is 2. The molecule has 0 spiro atoms. The summed E-state index contributed by atoms with van der Waals surface area (Å²) < 4.78 is 5.72. The number of likely N-dealkylation sites (N-methyl/N-ethyl adjacent to an activating group) is 1. The van der Waals surface area contributed by atoms with Crippen molar-refractivity contribution in [1.82, 2.24) is 4.90 Å². The highest BCUT2D eigenvalue weighted by molar-refractivity contribution is 5.87. The third kappa shape index (κ3) is 2.09. The Balaban J connectivity index is 2.33. The van der Waals surface area contributed by atoms with Crippen LogP contribution in [0.25, 0.3) is 11.0 Å². The van der Waals surface area contributed by atoms with Gasteiger partial charge in [0.15, 0.2) is 0 Å². The van der Waals surface area contributed by atoms with Gasteiger partial charge >= 0.3 is 0 Å². The fraction of sp³-hybridized carbons (Fsp3) is 0.214. The smallest absolute Gasteiger partial charge is 0.246 e. The van der Waals surface area contributed by atoms with Crippen LogP contribution >= 0.6 is 0 Å². The van der Waals surface area contributed by atoms with Gasteiger partial charge in [-0.2, -0.15) is 0 Å². The van der Waals surface area contributed by atoms with E-state index in [9.17, 15) is 4.79 Å². The molecule has 88 valence electrons. The summed E-state index contributed by atoms with van der Waals surface area (Å²) >= 11 is 0. The molecule has 3 heteroatoms. The first-order valence-corrected chi connectivity index (χ1v) is 5.51. The Kier molecular flexibility index (Phi) is 3.00. The van der Waals surface area contributed by atoms with Gasteiger partial charge in [0.25, 0.3) is 0 Å². The lowest BCUT2D eigenvalue weighted by molar-refractivity contribution is -0.126. The fourth-order valence-corrected chi connectivity index (χ4v) is 1.73. The second kappa shape index (κ2) is 4.45. The van der Waals surface area contributed by atoms with Crippen LogP contribution < -0.4 is 0 Å². The molecule has 1 amide bonds. The molecule has 0 aliphatic heterocycles. The van der Waals surface area contributed by atoms with E-state index in [1.807, 2.05) is 37.3 Å². The zero-order chi connectivity index (χ0) is 12.4. The number of carbonyl (C=O) groups is 1. The van der Waals surface area contributed by atoms with Gasteiger partial charge in [-0.15, -0.1) is 0 Å². The van der Waals surface area contributed by atoms with Crippen LogP contribution in [0.5, 0.6) is 0 Å². The van der Waals surface area contributed by atoms with Gasteiger partial charge in [0.1, 0.15) is 11.3 Å². The number of para-hydroxylation sites is 1. The van der Waals surface area contributed by atoms with E-state index < -0.39 is 0 Å². The van der Waals surface area contributed by atoms with E-state index in [0.29, 0.717) is 0 Å². The normalized spacial score (nSPS) is 12.4. The van der Waals surface area contributed by atoms with Gasteiger partial charge in [-0.25, -0.2) is 0 Å². The Hall–Kier alpha value is -2.03. The number of nitrogens with zero attached hydrogens (tertiary/aromatic N) is 1. The van der Waals surface area contributed by atoms with Crippen molar-refractivity contribution in [3.8, 4) is 0 Å². The van der Waals surface area contributed by atoms with Crippen LogP contribution in [0.3, 0.4) is 0 Å². The molecule has 0 N–H and O–H groups in total. The standard InChI is InChI=1S/C14H15NO2/c1-4-14(16)15(3)10(2)13-9-11-7-5-6-8-12(11)17-13/h4-10H,1H2,2-3H3.